The van der Waals surface area contributed by atoms with Crippen LogP contribution in [0.15, 0.2) is 46.9 Å². The number of rotatable bonds is 5. The summed E-state index contributed by atoms with van der Waals surface area (Å²) in [6.07, 6.45) is 0. The number of hydrogen-bond donors (Lipinski definition) is 2. The van der Waals surface area contributed by atoms with Crippen LogP contribution in [0.5, 0.6) is 0 Å². The lowest BCUT2D eigenvalue weighted by atomic mass is 10.1. The summed E-state index contributed by atoms with van der Waals surface area (Å²) < 4.78 is 11.2. The number of fused-ring (bicyclic) bond motifs is 1. The number of aromatic nitrogens is 1. The van der Waals surface area contributed by atoms with Crippen molar-refractivity contribution in [3.8, 4) is 11.5 Å². The number of anilines is 2. The van der Waals surface area contributed by atoms with Gasteiger partial charge in [0.1, 0.15) is 11.1 Å². The highest BCUT2D eigenvalue weighted by Crippen LogP contribution is 2.29. The molecule has 3 N–H and O–H groups in total. The van der Waals surface area contributed by atoms with Gasteiger partial charge in [-0.25, -0.2) is 4.98 Å². The van der Waals surface area contributed by atoms with Crippen molar-refractivity contribution in [2.75, 3.05) is 17.6 Å². The van der Waals surface area contributed by atoms with E-state index in [0.29, 0.717) is 18.1 Å². The summed E-state index contributed by atoms with van der Waals surface area (Å²) in [6, 6.07) is 13.2. The second-order valence-corrected chi connectivity index (χ2v) is 7.60. The molecule has 0 aliphatic carbocycles. The Morgan fingerprint density at radius 1 is 1.26 bits per heavy atom. The van der Waals surface area contributed by atoms with Crippen molar-refractivity contribution < 1.29 is 13.9 Å². The molecular formula is C21H25N3O3. The minimum atomic E-state index is -0.494. The van der Waals surface area contributed by atoms with E-state index in [9.17, 15) is 4.79 Å². The molecule has 2 aromatic carbocycles. The fourth-order valence-corrected chi connectivity index (χ4v) is 2.60. The Kier molecular flexibility index (Phi) is 5.08. The van der Waals surface area contributed by atoms with Crippen LogP contribution in [0.25, 0.3) is 22.6 Å². The summed E-state index contributed by atoms with van der Waals surface area (Å²) in [7, 11) is 0. The molecule has 0 radical (unpaired) electrons. The maximum Gasteiger partial charge on any atom is 0.310 e. The fraction of sp³-hybridized carbons (Fsp3) is 0.333. The van der Waals surface area contributed by atoms with Gasteiger partial charge in [-0.05, 0) is 51.1 Å². The van der Waals surface area contributed by atoms with Crippen molar-refractivity contribution in [3.63, 3.8) is 0 Å². The van der Waals surface area contributed by atoms with Gasteiger partial charge in [0.2, 0.25) is 5.89 Å². The molecule has 0 aliphatic rings. The predicted octanol–water partition coefficient (Wildman–Crippen LogP) is 4.47. The Balaban J connectivity index is 1.69. The molecule has 3 rings (SSSR count). The third-order valence-electron chi connectivity index (χ3n) is 4.00. The molecule has 6 nitrogen and oxygen atoms in total. The number of nitrogens with zero attached hydrogens (tertiary/aromatic N) is 1. The van der Waals surface area contributed by atoms with Gasteiger partial charge in [-0.3, -0.25) is 4.79 Å². The number of esters is 1. The zero-order valence-electron chi connectivity index (χ0n) is 16.1. The number of ether oxygens (including phenoxy) is 1. The lowest BCUT2D eigenvalue weighted by Crippen LogP contribution is -2.30. The largest absolute Gasteiger partial charge is 0.460 e. The van der Waals surface area contributed by atoms with Crippen molar-refractivity contribution in [2.45, 2.75) is 33.3 Å². The minimum Gasteiger partial charge on any atom is -0.460 e. The summed E-state index contributed by atoms with van der Waals surface area (Å²) in [5.41, 5.74) is 9.33. The summed E-state index contributed by atoms with van der Waals surface area (Å²) >= 11 is 0. The summed E-state index contributed by atoms with van der Waals surface area (Å²) in [5, 5.41) is 3.21. The van der Waals surface area contributed by atoms with Crippen LogP contribution in [0.1, 0.15) is 27.7 Å². The molecule has 6 heteroatoms. The van der Waals surface area contributed by atoms with E-state index in [1.54, 1.807) is 0 Å². The van der Waals surface area contributed by atoms with Crippen LogP contribution >= 0.6 is 0 Å². The topological polar surface area (TPSA) is 90.4 Å². The number of nitrogen functional groups attached to an aromatic ring is 1. The van der Waals surface area contributed by atoms with Gasteiger partial charge >= 0.3 is 5.97 Å². The van der Waals surface area contributed by atoms with Crippen LogP contribution < -0.4 is 11.1 Å². The molecule has 1 atom stereocenters. The Hall–Kier alpha value is -3.02. The molecule has 27 heavy (non-hydrogen) atoms. The number of oxazole rings is 1. The van der Waals surface area contributed by atoms with Crippen molar-refractivity contribution in [1.82, 2.24) is 4.98 Å². The van der Waals surface area contributed by atoms with Crippen LogP contribution in [0.4, 0.5) is 11.4 Å². The van der Waals surface area contributed by atoms with E-state index in [4.69, 9.17) is 14.9 Å². The van der Waals surface area contributed by atoms with Gasteiger partial charge in [-0.2, -0.15) is 0 Å². The van der Waals surface area contributed by atoms with Crippen molar-refractivity contribution in [1.29, 1.82) is 0 Å². The van der Waals surface area contributed by atoms with Gasteiger partial charge in [-0.15, -0.1) is 0 Å². The number of benzene rings is 2. The van der Waals surface area contributed by atoms with Gasteiger partial charge in [0.15, 0.2) is 5.58 Å². The van der Waals surface area contributed by atoms with E-state index in [1.165, 1.54) is 0 Å². The van der Waals surface area contributed by atoms with Gasteiger partial charge < -0.3 is 20.2 Å². The Morgan fingerprint density at radius 3 is 2.67 bits per heavy atom. The second kappa shape index (κ2) is 7.31. The Bertz CT molecular complexity index is 924. The smallest absolute Gasteiger partial charge is 0.310 e. The van der Waals surface area contributed by atoms with Crippen molar-refractivity contribution in [2.24, 2.45) is 5.92 Å². The number of carbonyl (C=O) groups excluding carboxylic acids is 1. The minimum absolute atomic E-state index is 0.239. The average Bonchev–Trinajstić information content (AvgIpc) is 3.03. The first kappa shape index (κ1) is 18.8. The van der Waals surface area contributed by atoms with E-state index in [2.05, 4.69) is 10.3 Å². The molecule has 0 spiro atoms. The van der Waals surface area contributed by atoms with E-state index >= 15 is 0 Å². The zero-order valence-corrected chi connectivity index (χ0v) is 16.1. The van der Waals surface area contributed by atoms with Gasteiger partial charge in [0.05, 0.1) is 17.3 Å². The number of carbonyl (C=O) groups is 1. The fourth-order valence-electron chi connectivity index (χ4n) is 2.60. The maximum absolute atomic E-state index is 12.1. The molecule has 142 valence electrons. The van der Waals surface area contributed by atoms with Crippen molar-refractivity contribution >= 4 is 28.4 Å². The monoisotopic (exact) mass is 367 g/mol. The van der Waals surface area contributed by atoms with Gasteiger partial charge in [-0.1, -0.05) is 19.1 Å². The van der Waals surface area contributed by atoms with Crippen LogP contribution in [0.2, 0.25) is 0 Å². The molecule has 0 bridgehead atoms. The maximum atomic E-state index is 12.1. The molecule has 1 unspecified atom stereocenters. The van der Waals surface area contributed by atoms with Crippen molar-refractivity contribution in [3.05, 3.63) is 42.5 Å². The lowest BCUT2D eigenvalue weighted by Gasteiger charge is -2.22. The molecule has 0 fully saturated rings. The third kappa shape index (κ3) is 4.58. The Morgan fingerprint density at radius 2 is 2.00 bits per heavy atom. The summed E-state index contributed by atoms with van der Waals surface area (Å²) in [4.78, 5) is 16.6. The molecule has 0 saturated carbocycles. The molecule has 1 aromatic heterocycles. The van der Waals surface area contributed by atoms with E-state index in [-0.39, 0.29) is 11.9 Å². The second-order valence-electron chi connectivity index (χ2n) is 7.60. The van der Waals surface area contributed by atoms with E-state index < -0.39 is 5.60 Å². The standard InChI is InChI=1S/C21H25N3O3/c1-13(20(25)27-21(2,3)4)12-23-16-10-9-14(11-15(16)22)19-24-17-7-5-6-8-18(17)26-19/h5-11,13,23H,12,22H2,1-4H3. The lowest BCUT2D eigenvalue weighted by molar-refractivity contribution is -0.158. The summed E-state index contributed by atoms with van der Waals surface area (Å²) in [5.74, 6) is -0.00594. The first-order chi connectivity index (χ1) is 12.7. The molecule has 0 amide bonds. The molecule has 1 heterocycles. The molecule has 0 saturated heterocycles. The normalized spacial score (nSPS) is 12.7. The van der Waals surface area contributed by atoms with E-state index in [0.717, 1.165) is 22.4 Å². The van der Waals surface area contributed by atoms with E-state index in [1.807, 2.05) is 70.2 Å². The molecular weight excluding hydrogens is 342 g/mol. The average molecular weight is 367 g/mol. The van der Waals surface area contributed by atoms with Crippen LogP contribution in [0.3, 0.4) is 0 Å². The Labute approximate surface area is 158 Å². The number of nitrogens with two attached hydrogens (primary N) is 1. The number of para-hydroxylation sites is 2. The first-order valence-electron chi connectivity index (χ1n) is 8.95. The molecule has 0 aliphatic heterocycles. The van der Waals surface area contributed by atoms with Crippen LogP contribution in [-0.2, 0) is 9.53 Å². The highest BCUT2D eigenvalue weighted by molar-refractivity contribution is 5.79. The zero-order chi connectivity index (χ0) is 19.6. The first-order valence-corrected chi connectivity index (χ1v) is 8.95. The summed E-state index contributed by atoms with van der Waals surface area (Å²) in [6.45, 7) is 7.82. The molecule has 3 aromatic rings. The van der Waals surface area contributed by atoms with Crippen LogP contribution in [0, 0.1) is 5.92 Å². The number of hydrogen-bond acceptors (Lipinski definition) is 6. The third-order valence-corrected chi connectivity index (χ3v) is 4.00. The predicted molar refractivity (Wildman–Crippen MR) is 107 cm³/mol. The highest BCUT2D eigenvalue weighted by atomic mass is 16.6. The SMILES string of the molecule is CC(CNc1ccc(-c2nc3ccccc3o2)cc1N)C(=O)OC(C)(C)C. The highest BCUT2D eigenvalue weighted by Gasteiger charge is 2.21. The number of nitrogens with one attached hydrogen (secondary N) is 1. The van der Waals surface area contributed by atoms with Crippen LogP contribution in [-0.4, -0.2) is 23.1 Å². The van der Waals surface area contributed by atoms with Gasteiger partial charge in [0, 0.05) is 12.1 Å². The quantitative estimate of drug-likeness (QED) is 0.511. The van der Waals surface area contributed by atoms with Gasteiger partial charge in [0.25, 0.3) is 0 Å².